The Balaban J connectivity index is 1.85. The minimum atomic E-state index is -0.117. The van der Waals surface area contributed by atoms with E-state index in [1.807, 2.05) is 30.3 Å². The molecule has 0 atom stereocenters. The van der Waals surface area contributed by atoms with Gasteiger partial charge in [0.1, 0.15) is 0 Å². The number of pyridine rings is 1. The molecule has 2 N–H and O–H groups in total. The van der Waals surface area contributed by atoms with E-state index < -0.39 is 0 Å². The summed E-state index contributed by atoms with van der Waals surface area (Å²) in [5.74, 6) is -0.117. The third-order valence-electron chi connectivity index (χ3n) is 2.89. The third kappa shape index (κ3) is 2.30. The fourth-order valence-corrected chi connectivity index (χ4v) is 1.96. The zero-order valence-corrected chi connectivity index (χ0v) is 10.1. The highest BCUT2D eigenvalue weighted by Crippen LogP contribution is 2.16. The average molecular weight is 252 g/mol. The van der Waals surface area contributed by atoms with E-state index in [-0.39, 0.29) is 5.91 Å². The fourth-order valence-electron chi connectivity index (χ4n) is 1.96. The second-order valence-corrected chi connectivity index (χ2v) is 4.14. The second kappa shape index (κ2) is 4.89. The number of carbonyl (C=O) groups excluding carboxylic acids is 1. The monoisotopic (exact) mass is 252 g/mol. The topological polar surface area (TPSA) is 70.7 Å². The van der Waals surface area contributed by atoms with E-state index in [1.54, 1.807) is 18.5 Å². The molecular formula is C14H12N4O. The maximum atomic E-state index is 12.2. The van der Waals surface area contributed by atoms with Crippen molar-refractivity contribution in [3.05, 3.63) is 60.0 Å². The Morgan fingerprint density at radius 3 is 2.95 bits per heavy atom. The van der Waals surface area contributed by atoms with Gasteiger partial charge < -0.3 is 5.32 Å². The van der Waals surface area contributed by atoms with Gasteiger partial charge in [0, 0.05) is 23.3 Å². The molecule has 0 aliphatic rings. The lowest BCUT2D eigenvalue weighted by molar-refractivity contribution is 0.0952. The first-order valence-corrected chi connectivity index (χ1v) is 5.95. The molecule has 5 nitrogen and oxygen atoms in total. The molecule has 3 aromatic rings. The molecule has 94 valence electrons. The number of aromatic nitrogens is 3. The van der Waals surface area contributed by atoms with Crippen LogP contribution in [0.2, 0.25) is 0 Å². The van der Waals surface area contributed by atoms with Gasteiger partial charge in [-0.25, -0.2) is 0 Å². The Morgan fingerprint density at radius 1 is 1.16 bits per heavy atom. The quantitative estimate of drug-likeness (QED) is 0.747. The van der Waals surface area contributed by atoms with Crippen LogP contribution in [0, 0.1) is 0 Å². The fraction of sp³-hybridized carbons (Fsp3) is 0.0714. The Morgan fingerprint density at radius 2 is 2.11 bits per heavy atom. The van der Waals surface area contributed by atoms with E-state index in [4.69, 9.17) is 0 Å². The SMILES string of the molecule is O=C(NCc1ccn[nH]1)c1cccc2ncccc12. The Hall–Kier alpha value is -2.69. The number of nitrogens with zero attached hydrogens (tertiary/aromatic N) is 2. The van der Waals surface area contributed by atoms with Crippen molar-refractivity contribution in [3.63, 3.8) is 0 Å². The Kier molecular flexibility index (Phi) is 2.94. The van der Waals surface area contributed by atoms with Crippen LogP contribution < -0.4 is 5.32 Å². The van der Waals surface area contributed by atoms with E-state index >= 15 is 0 Å². The van der Waals surface area contributed by atoms with Crippen molar-refractivity contribution in [1.29, 1.82) is 0 Å². The first-order chi connectivity index (χ1) is 9.34. The van der Waals surface area contributed by atoms with Crippen LogP contribution in [-0.2, 0) is 6.54 Å². The summed E-state index contributed by atoms with van der Waals surface area (Å²) < 4.78 is 0. The highest BCUT2D eigenvalue weighted by atomic mass is 16.1. The number of hydrogen-bond donors (Lipinski definition) is 2. The van der Waals surface area contributed by atoms with Crippen LogP contribution in [0.25, 0.3) is 10.9 Å². The number of hydrogen-bond acceptors (Lipinski definition) is 3. The van der Waals surface area contributed by atoms with E-state index in [0.717, 1.165) is 16.6 Å². The average Bonchev–Trinajstić information content (AvgIpc) is 2.97. The van der Waals surface area contributed by atoms with Crippen molar-refractivity contribution in [1.82, 2.24) is 20.5 Å². The molecule has 0 aliphatic carbocycles. The molecule has 0 fully saturated rings. The summed E-state index contributed by atoms with van der Waals surface area (Å²) in [6.45, 7) is 0.426. The molecule has 5 heteroatoms. The smallest absolute Gasteiger partial charge is 0.252 e. The van der Waals surface area contributed by atoms with Crippen LogP contribution in [0.4, 0.5) is 0 Å². The molecule has 0 unspecified atom stereocenters. The van der Waals surface area contributed by atoms with Crippen LogP contribution in [0.15, 0.2) is 48.8 Å². The predicted octanol–water partition coefficient (Wildman–Crippen LogP) is 1.89. The zero-order valence-electron chi connectivity index (χ0n) is 10.1. The van der Waals surface area contributed by atoms with Crippen molar-refractivity contribution in [3.8, 4) is 0 Å². The van der Waals surface area contributed by atoms with Gasteiger partial charge in [0.05, 0.1) is 17.8 Å². The van der Waals surface area contributed by atoms with Gasteiger partial charge in [0.2, 0.25) is 0 Å². The van der Waals surface area contributed by atoms with E-state index in [0.29, 0.717) is 12.1 Å². The molecule has 2 heterocycles. The van der Waals surface area contributed by atoms with Gasteiger partial charge in [0.25, 0.3) is 5.91 Å². The van der Waals surface area contributed by atoms with E-state index in [9.17, 15) is 4.79 Å². The highest BCUT2D eigenvalue weighted by Gasteiger charge is 2.09. The molecular weight excluding hydrogens is 240 g/mol. The maximum Gasteiger partial charge on any atom is 0.252 e. The van der Waals surface area contributed by atoms with Gasteiger partial charge in [-0.05, 0) is 24.3 Å². The van der Waals surface area contributed by atoms with Crippen LogP contribution in [0.1, 0.15) is 16.1 Å². The summed E-state index contributed by atoms with van der Waals surface area (Å²) in [6, 6.07) is 11.1. The van der Waals surface area contributed by atoms with Crippen LogP contribution in [0.5, 0.6) is 0 Å². The minimum Gasteiger partial charge on any atom is -0.346 e. The molecule has 1 aromatic carbocycles. The molecule has 0 spiro atoms. The lowest BCUT2D eigenvalue weighted by Gasteiger charge is -2.06. The standard InChI is InChI=1S/C14H12N4O/c19-14(16-9-10-6-8-17-18-10)12-3-1-5-13-11(12)4-2-7-15-13/h1-8H,9H2,(H,16,19)(H,17,18). The number of rotatable bonds is 3. The molecule has 0 bridgehead atoms. The summed E-state index contributed by atoms with van der Waals surface area (Å²) in [6.07, 6.45) is 3.37. The first-order valence-electron chi connectivity index (χ1n) is 5.95. The normalized spacial score (nSPS) is 10.5. The molecule has 0 saturated heterocycles. The highest BCUT2D eigenvalue weighted by molar-refractivity contribution is 6.06. The summed E-state index contributed by atoms with van der Waals surface area (Å²) >= 11 is 0. The minimum absolute atomic E-state index is 0.117. The number of aromatic amines is 1. The maximum absolute atomic E-state index is 12.2. The summed E-state index contributed by atoms with van der Waals surface area (Å²) in [4.78, 5) is 16.4. The second-order valence-electron chi connectivity index (χ2n) is 4.14. The van der Waals surface area contributed by atoms with Crippen molar-refractivity contribution >= 4 is 16.8 Å². The van der Waals surface area contributed by atoms with Crippen molar-refractivity contribution < 1.29 is 4.79 Å². The summed E-state index contributed by atoms with van der Waals surface area (Å²) in [7, 11) is 0. The molecule has 1 amide bonds. The lowest BCUT2D eigenvalue weighted by Crippen LogP contribution is -2.23. The Labute approximate surface area is 109 Å². The van der Waals surface area contributed by atoms with Gasteiger partial charge in [-0.1, -0.05) is 12.1 Å². The van der Waals surface area contributed by atoms with Gasteiger partial charge in [0.15, 0.2) is 0 Å². The molecule has 3 rings (SSSR count). The molecule has 0 aliphatic heterocycles. The molecule has 0 radical (unpaired) electrons. The molecule has 0 saturated carbocycles. The molecule has 19 heavy (non-hydrogen) atoms. The molecule has 2 aromatic heterocycles. The Bertz CT molecular complexity index is 701. The third-order valence-corrected chi connectivity index (χ3v) is 2.89. The van der Waals surface area contributed by atoms with E-state index in [1.165, 1.54) is 0 Å². The predicted molar refractivity (Wildman–Crippen MR) is 71.5 cm³/mol. The number of fused-ring (bicyclic) bond motifs is 1. The van der Waals surface area contributed by atoms with E-state index in [2.05, 4.69) is 20.5 Å². The van der Waals surface area contributed by atoms with Crippen molar-refractivity contribution in [2.45, 2.75) is 6.54 Å². The largest absolute Gasteiger partial charge is 0.346 e. The van der Waals surface area contributed by atoms with Crippen LogP contribution in [0.3, 0.4) is 0 Å². The van der Waals surface area contributed by atoms with Crippen LogP contribution in [-0.4, -0.2) is 21.1 Å². The number of benzene rings is 1. The van der Waals surface area contributed by atoms with Gasteiger partial charge in [-0.15, -0.1) is 0 Å². The van der Waals surface area contributed by atoms with Crippen molar-refractivity contribution in [2.24, 2.45) is 0 Å². The van der Waals surface area contributed by atoms with Crippen molar-refractivity contribution in [2.75, 3.05) is 0 Å². The summed E-state index contributed by atoms with van der Waals surface area (Å²) in [5, 5.41) is 10.3. The van der Waals surface area contributed by atoms with Crippen LogP contribution >= 0.6 is 0 Å². The number of H-pyrrole nitrogens is 1. The lowest BCUT2D eigenvalue weighted by atomic mass is 10.1. The first kappa shape index (κ1) is 11.4. The van der Waals surface area contributed by atoms with Gasteiger partial charge in [-0.3, -0.25) is 14.9 Å². The number of nitrogens with one attached hydrogen (secondary N) is 2. The summed E-state index contributed by atoms with van der Waals surface area (Å²) in [5.41, 5.74) is 2.31. The van der Waals surface area contributed by atoms with Gasteiger partial charge >= 0.3 is 0 Å². The zero-order chi connectivity index (χ0) is 13.1. The number of carbonyl (C=O) groups is 1. The van der Waals surface area contributed by atoms with Gasteiger partial charge in [-0.2, -0.15) is 5.10 Å². The number of amides is 1.